The molecule has 5 heteroatoms. The van der Waals surface area contributed by atoms with Gasteiger partial charge in [-0.15, -0.1) is 0 Å². The fourth-order valence-electron chi connectivity index (χ4n) is 2.20. The summed E-state index contributed by atoms with van der Waals surface area (Å²) >= 11 is 0. The number of nitrogens with zero attached hydrogens (tertiary/aromatic N) is 1. The molecule has 5 nitrogen and oxygen atoms in total. The Morgan fingerprint density at radius 1 is 1.40 bits per heavy atom. The highest BCUT2D eigenvalue weighted by atomic mass is 16.6. The molecule has 0 saturated carbocycles. The van der Waals surface area contributed by atoms with Gasteiger partial charge in [-0.3, -0.25) is 10.1 Å². The average Bonchev–Trinajstić information content (AvgIpc) is 2.47. The van der Waals surface area contributed by atoms with E-state index in [0.29, 0.717) is 11.1 Å². The van der Waals surface area contributed by atoms with Crippen molar-refractivity contribution in [2.24, 2.45) is 0 Å². The average molecular weight is 271 g/mol. The molecule has 1 aromatic rings. The standard InChI is InChI=1S/C15H13NO4/c1-2-15(16(19)20)9-8-12(14(17)18)13(10-15)11-6-4-3-5-7-11/h2-9H,1,10H2,(H,17,18). The molecule has 1 N–H and O–H groups in total. The van der Waals surface area contributed by atoms with Gasteiger partial charge in [-0.25, -0.2) is 4.79 Å². The van der Waals surface area contributed by atoms with E-state index in [1.807, 2.05) is 0 Å². The maximum atomic E-state index is 11.3. The Kier molecular flexibility index (Phi) is 3.52. The molecule has 102 valence electrons. The molecule has 2 rings (SSSR count). The summed E-state index contributed by atoms with van der Waals surface area (Å²) in [5.74, 6) is -1.10. The maximum Gasteiger partial charge on any atom is 0.335 e. The summed E-state index contributed by atoms with van der Waals surface area (Å²) in [6, 6.07) is 8.82. The normalized spacial score (nSPS) is 21.6. The van der Waals surface area contributed by atoms with Crippen LogP contribution in [0.2, 0.25) is 0 Å². The van der Waals surface area contributed by atoms with Crippen molar-refractivity contribution >= 4 is 11.5 Å². The second kappa shape index (κ2) is 5.13. The largest absolute Gasteiger partial charge is 0.478 e. The summed E-state index contributed by atoms with van der Waals surface area (Å²) in [5, 5.41) is 20.5. The lowest BCUT2D eigenvalue weighted by Gasteiger charge is -2.24. The van der Waals surface area contributed by atoms with Gasteiger partial charge in [0.15, 0.2) is 0 Å². The Hall–Kier alpha value is -2.69. The maximum absolute atomic E-state index is 11.3. The Balaban J connectivity index is 2.58. The van der Waals surface area contributed by atoms with Gasteiger partial charge in [-0.05, 0) is 29.4 Å². The molecule has 0 spiro atoms. The first kappa shape index (κ1) is 13.7. The molecular weight excluding hydrogens is 258 g/mol. The van der Waals surface area contributed by atoms with Crippen LogP contribution in [-0.2, 0) is 4.79 Å². The Morgan fingerprint density at radius 3 is 2.55 bits per heavy atom. The molecule has 1 aliphatic rings. The summed E-state index contributed by atoms with van der Waals surface area (Å²) in [7, 11) is 0. The van der Waals surface area contributed by atoms with E-state index in [-0.39, 0.29) is 12.0 Å². The van der Waals surface area contributed by atoms with Crippen molar-refractivity contribution in [2.45, 2.75) is 12.0 Å². The summed E-state index contributed by atoms with van der Waals surface area (Å²) in [6.45, 7) is 3.51. The van der Waals surface area contributed by atoms with Gasteiger partial charge in [0.1, 0.15) is 0 Å². The fraction of sp³-hybridized carbons (Fsp3) is 0.133. The Morgan fingerprint density at radius 2 is 2.05 bits per heavy atom. The van der Waals surface area contributed by atoms with E-state index < -0.39 is 16.4 Å². The number of aliphatic carboxylic acids is 1. The molecule has 1 aliphatic carbocycles. The van der Waals surface area contributed by atoms with Crippen LogP contribution in [0.5, 0.6) is 0 Å². The van der Waals surface area contributed by atoms with Crippen LogP contribution in [0, 0.1) is 10.1 Å². The van der Waals surface area contributed by atoms with Crippen LogP contribution in [0.4, 0.5) is 0 Å². The van der Waals surface area contributed by atoms with Gasteiger partial charge in [0.05, 0.1) is 12.0 Å². The van der Waals surface area contributed by atoms with Crippen molar-refractivity contribution in [1.29, 1.82) is 0 Å². The summed E-state index contributed by atoms with van der Waals surface area (Å²) in [4.78, 5) is 22.1. The van der Waals surface area contributed by atoms with E-state index in [0.717, 1.165) is 0 Å². The van der Waals surface area contributed by atoms with Crippen LogP contribution in [0.1, 0.15) is 12.0 Å². The van der Waals surface area contributed by atoms with Crippen molar-refractivity contribution in [1.82, 2.24) is 0 Å². The molecule has 0 radical (unpaired) electrons. The number of carbonyl (C=O) groups is 1. The molecule has 0 aromatic heterocycles. The minimum atomic E-state index is -1.45. The van der Waals surface area contributed by atoms with Gasteiger partial charge in [0.2, 0.25) is 0 Å². The monoisotopic (exact) mass is 271 g/mol. The molecule has 20 heavy (non-hydrogen) atoms. The van der Waals surface area contributed by atoms with Gasteiger partial charge >= 0.3 is 5.97 Å². The molecular formula is C15H13NO4. The van der Waals surface area contributed by atoms with Crippen molar-refractivity contribution < 1.29 is 14.8 Å². The highest BCUT2D eigenvalue weighted by Crippen LogP contribution is 2.36. The zero-order chi connectivity index (χ0) is 14.8. The first-order chi connectivity index (χ1) is 9.50. The summed E-state index contributed by atoms with van der Waals surface area (Å²) in [5.41, 5.74) is -0.264. The molecule has 0 fully saturated rings. The van der Waals surface area contributed by atoms with E-state index in [4.69, 9.17) is 0 Å². The van der Waals surface area contributed by atoms with Crippen LogP contribution < -0.4 is 0 Å². The summed E-state index contributed by atoms with van der Waals surface area (Å²) < 4.78 is 0. The van der Waals surface area contributed by atoms with Crippen LogP contribution in [0.15, 0.2) is 60.7 Å². The second-order valence-electron chi connectivity index (χ2n) is 4.53. The predicted molar refractivity (Wildman–Crippen MR) is 74.7 cm³/mol. The van der Waals surface area contributed by atoms with Crippen LogP contribution in [0.3, 0.4) is 0 Å². The van der Waals surface area contributed by atoms with Crippen LogP contribution >= 0.6 is 0 Å². The number of carboxylic acids is 1. The van der Waals surface area contributed by atoms with E-state index in [1.54, 1.807) is 30.3 Å². The lowest BCUT2D eigenvalue weighted by Crippen LogP contribution is -2.36. The van der Waals surface area contributed by atoms with Gasteiger partial charge in [-0.2, -0.15) is 0 Å². The number of nitro groups is 1. The highest BCUT2D eigenvalue weighted by molar-refractivity contribution is 6.00. The van der Waals surface area contributed by atoms with Crippen molar-refractivity contribution in [3.63, 3.8) is 0 Å². The second-order valence-corrected chi connectivity index (χ2v) is 4.53. The number of hydrogen-bond donors (Lipinski definition) is 1. The van der Waals surface area contributed by atoms with Gasteiger partial charge < -0.3 is 5.11 Å². The molecule has 0 aliphatic heterocycles. The minimum absolute atomic E-state index is 0.0222. The van der Waals surface area contributed by atoms with Crippen molar-refractivity contribution in [3.8, 4) is 0 Å². The van der Waals surface area contributed by atoms with Crippen molar-refractivity contribution in [2.75, 3.05) is 0 Å². The smallest absolute Gasteiger partial charge is 0.335 e. The molecule has 1 unspecified atom stereocenters. The quantitative estimate of drug-likeness (QED) is 0.518. The van der Waals surface area contributed by atoms with Gasteiger partial charge in [0, 0.05) is 4.92 Å². The van der Waals surface area contributed by atoms with Gasteiger partial charge in [0.25, 0.3) is 5.54 Å². The molecule has 1 atom stereocenters. The number of carboxylic acid groups (broad SMARTS) is 1. The molecule has 0 heterocycles. The third-order valence-electron chi connectivity index (χ3n) is 3.37. The van der Waals surface area contributed by atoms with E-state index in [9.17, 15) is 20.0 Å². The third-order valence-corrected chi connectivity index (χ3v) is 3.37. The third kappa shape index (κ3) is 2.25. The molecule has 1 aromatic carbocycles. The molecule has 0 bridgehead atoms. The minimum Gasteiger partial charge on any atom is -0.478 e. The Labute approximate surface area is 115 Å². The van der Waals surface area contributed by atoms with Crippen molar-refractivity contribution in [3.05, 3.63) is 76.4 Å². The Bertz CT molecular complexity index is 631. The number of rotatable bonds is 4. The fourth-order valence-corrected chi connectivity index (χ4v) is 2.20. The number of benzene rings is 1. The van der Waals surface area contributed by atoms with E-state index >= 15 is 0 Å². The van der Waals surface area contributed by atoms with Crippen LogP contribution in [0.25, 0.3) is 5.57 Å². The van der Waals surface area contributed by atoms with Gasteiger partial charge in [-0.1, -0.05) is 36.9 Å². The lowest BCUT2D eigenvalue weighted by molar-refractivity contribution is -0.539. The van der Waals surface area contributed by atoms with Crippen LogP contribution in [-0.4, -0.2) is 21.5 Å². The van der Waals surface area contributed by atoms with E-state index in [2.05, 4.69) is 6.58 Å². The highest BCUT2D eigenvalue weighted by Gasteiger charge is 2.41. The first-order valence-corrected chi connectivity index (χ1v) is 5.99. The zero-order valence-corrected chi connectivity index (χ0v) is 10.7. The zero-order valence-electron chi connectivity index (χ0n) is 10.7. The summed E-state index contributed by atoms with van der Waals surface area (Å²) in [6.07, 6.45) is 3.80. The number of hydrogen-bond acceptors (Lipinski definition) is 3. The molecule has 0 amide bonds. The van der Waals surface area contributed by atoms with E-state index in [1.165, 1.54) is 18.2 Å². The lowest BCUT2D eigenvalue weighted by atomic mass is 9.81. The SMILES string of the molecule is C=CC1([N+](=O)[O-])C=CC(C(=O)O)=C(c2ccccc2)C1. The first-order valence-electron chi connectivity index (χ1n) is 5.99. The predicted octanol–water partition coefficient (Wildman–Crippen LogP) is 2.69. The molecule has 0 saturated heterocycles. The topological polar surface area (TPSA) is 80.4 Å².